The molecule has 0 unspecified atom stereocenters. The van der Waals surface area contributed by atoms with Gasteiger partial charge in [0.1, 0.15) is 0 Å². The van der Waals surface area contributed by atoms with Crippen molar-refractivity contribution in [2.24, 2.45) is 0 Å². The van der Waals surface area contributed by atoms with Crippen LogP contribution in [-0.2, 0) is 10.0 Å². The van der Waals surface area contributed by atoms with Gasteiger partial charge in [-0.1, -0.05) is 6.92 Å². The number of nitriles is 1. The first kappa shape index (κ1) is 14.2. The lowest BCUT2D eigenvalue weighted by Gasteiger charge is -2.16. The third-order valence-electron chi connectivity index (χ3n) is 2.21. The van der Waals surface area contributed by atoms with Crippen LogP contribution < -0.4 is 0 Å². The number of carboxylic acids is 1. The molecule has 18 heavy (non-hydrogen) atoms. The van der Waals surface area contributed by atoms with E-state index in [1.807, 2.05) is 6.07 Å². The Morgan fingerprint density at radius 1 is 1.56 bits per heavy atom. The van der Waals surface area contributed by atoms with Crippen molar-refractivity contribution in [2.75, 3.05) is 13.1 Å². The molecule has 0 saturated carbocycles. The fraction of sp³-hybridized carbons (Fsp3) is 0.400. The summed E-state index contributed by atoms with van der Waals surface area (Å²) in [5.41, 5.74) is 0. The Kier molecular flexibility index (Phi) is 4.47. The van der Waals surface area contributed by atoms with Crippen LogP contribution in [0.1, 0.15) is 23.9 Å². The summed E-state index contributed by atoms with van der Waals surface area (Å²) in [7, 11) is -3.88. The topological polar surface area (TPSA) is 112 Å². The van der Waals surface area contributed by atoms with E-state index in [0.717, 1.165) is 16.4 Å². The summed E-state index contributed by atoms with van der Waals surface area (Å²) in [6.07, 6.45) is 0.0551. The summed E-state index contributed by atoms with van der Waals surface area (Å²) in [5, 5.41) is 16.7. The van der Waals surface area contributed by atoms with Gasteiger partial charge in [0.15, 0.2) is 0 Å². The van der Waals surface area contributed by atoms with E-state index in [-0.39, 0.29) is 19.5 Å². The van der Waals surface area contributed by atoms with Gasteiger partial charge in [-0.3, -0.25) is 0 Å². The number of carbonyl (C=O) groups is 1. The van der Waals surface area contributed by atoms with E-state index in [4.69, 9.17) is 14.8 Å². The molecule has 0 radical (unpaired) electrons. The highest BCUT2D eigenvalue weighted by Gasteiger charge is 2.27. The molecule has 98 valence electrons. The second kappa shape index (κ2) is 5.66. The molecular weight excluding hydrogens is 260 g/mol. The number of carboxylic acid groups (broad SMARTS) is 1. The lowest BCUT2D eigenvalue weighted by molar-refractivity contribution is 0.0656. The Hall–Kier alpha value is -1.85. The van der Waals surface area contributed by atoms with E-state index in [0.29, 0.717) is 0 Å². The van der Waals surface area contributed by atoms with Crippen molar-refractivity contribution >= 4 is 16.0 Å². The van der Waals surface area contributed by atoms with Gasteiger partial charge in [0.2, 0.25) is 10.9 Å². The van der Waals surface area contributed by atoms with Gasteiger partial charge < -0.3 is 9.52 Å². The Morgan fingerprint density at radius 2 is 2.22 bits per heavy atom. The molecule has 0 aromatic carbocycles. The summed E-state index contributed by atoms with van der Waals surface area (Å²) in [4.78, 5) is 10.6. The van der Waals surface area contributed by atoms with Gasteiger partial charge in [0.05, 0.1) is 6.07 Å². The molecule has 0 aliphatic carbocycles. The van der Waals surface area contributed by atoms with Gasteiger partial charge in [0, 0.05) is 19.5 Å². The molecule has 0 bridgehead atoms. The molecule has 0 fully saturated rings. The molecule has 1 aromatic heterocycles. The average molecular weight is 272 g/mol. The predicted molar refractivity (Wildman–Crippen MR) is 60.3 cm³/mol. The predicted octanol–water partition coefficient (Wildman–Crippen LogP) is 0.902. The minimum atomic E-state index is -3.88. The molecule has 1 rings (SSSR count). The Bertz CT molecular complexity index is 569. The quantitative estimate of drug-likeness (QED) is 0.823. The molecule has 0 aliphatic rings. The van der Waals surface area contributed by atoms with Crippen LogP contribution in [0.4, 0.5) is 0 Å². The lowest BCUT2D eigenvalue weighted by Crippen LogP contribution is -2.31. The molecule has 8 heteroatoms. The molecule has 0 spiro atoms. The van der Waals surface area contributed by atoms with Crippen molar-refractivity contribution < 1.29 is 22.7 Å². The zero-order chi connectivity index (χ0) is 13.8. The minimum Gasteiger partial charge on any atom is -0.475 e. The SMILES string of the molecule is CCN(CCC#N)S(=O)(=O)c1ccc(C(=O)O)o1. The molecule has 0 amide bonds. The molecule has 0 saturated heterocycles. The molecule has 1 heterocycles. The van der Waals surface area contributed by atoms with Crippen LogP contribution in [-0.4, -0.2) is 36.9 Å². The average Bonchev–Trinajstić information content (AvgIpc) is 2.79. The number of hydrogen-bond donors (Lipinski definition) is 1. The first-order chi connectivity index (χ1) is 8.43. The summed E-state index contributed by atoms with van der Waals surface area (Å²) in [6.45, 7) is 1.83. The van der Waals surface area contributed by atoms with E-state index in [2.05, 4.69) is 0 Å². The monoisotopic (exact) mass is 272 g/mol. The third kappa shape index (κ3) is 2.88. The second-order valence-corrected chi connectivity index (χ2v) is 5.20. The maximum atomic E-state index is 12.0. The fourth-order valence-corrected chi connectivity index (χ4v) is 2.69. The Balaban J connectivity index is 3.03. The largest absolute Gasteiger partial charge is 0.475 e. The summed E-state index contributed by atoms with van der Waals surface area (Å²) < 4.78 is 29.9. The molecular formula is C10H12N2O5S. The Labute approximate surface area is 104 Å². The highest BCUT2D eigenvalue weighted by molar-refractivity contribution is 7.89. The number of sulfonamides is 1. The van der Waals surface area contributed by atoms with E-state index in [9.17, 15) is 13.2 Å². The lowest BCUT2D eigenvalue weighted by atomic mass is 10.5. The number of nitrogens with zero attached hydrogens (tertiary/aromatic N) is 2. The molecule has 7 nitrogen and oxygen atoms in total. The highest BCUT2D eigenvalue weighted by Crippen LogP contribution is 2.18. The van der Waals surface area contributed by atoms with Crippen LogP contribution in [0, 0.1) is 11.3 Å². The van der Waals surface area contributed by atoms with Crippen LogP contribution >= 0.6 is 0 Å². The van der Waals surface area contributed by atoms with Crippen molar-refractivity contribution in [2.45, 2.75) is 18.4 Å². The summed E-state index contributed by atoms with van der Waals surface area (Å²) >= 11 is 0. The van der Waals surface area contributed by atoms with Gasteiger partial charge in [-0.05, 0) is 12.1 Å². The van der Waals surface area contributed by atoms with Crippen LogP contribution in [0.25, 0.3) is 0 Å². The van der Waals surface area contributed by atoms with E-state index in [1.165, 1.54) is 0 Å². The maximum absolute atomic E-state index is 12.0. The van der Waals surface area contributed by atoms with Crippen molar-refractivity contribution in [3.05, 3.63) is 17.9 Å². The highest BCUT2D eigenvalue weighted by atomic mass is 32.2. The first-order valence-electron chi connectivity index (χ1n) is 5.13. The number of furan rings is 1. The minimum absolute atomic E-state index is 0.0401. The van der Waals surface area contributed by atoms with Crippen LogP contribution in [0.5, 0.6) is 0 Å². The van der Waals surface area contributed by atoms with E-state index >= 15 is 0 Å². The standard InChI is InChI=1S/C10H12N2O5S/c1-2-12(7-3-6-11)18(15,16)9-5-4-8(17-9)10(13)14/h4-5H,2-3,7H2,1H3,(H,13,14). The fourth-order valence-electron chi connectivity index (χ4n) is 1.32. The smallest absolute Gasteiger partial charge is 0.371 e. The number of rotatable bonds is 6. The molecule has 0 aliphatic heterocycles. The number of hydrogen-bond acceptors (Lipinski definition) is 5. The van der Waals surface area contributed by atoms with E-state index < -0.39 is 26.8 Å². The van der Waals surface area contributed by atoms with Gasteiger partial charge >= 0.3 is 5.97 Å². The van der Waals surface area contributed by atoms with Crippen molar-refractivity contribution in [1.82, 2.24) is 4.31 Å². The third-order valence-corrected chi connectivity index (χ3v) is 4.06. The zero-order valence-corrected chi connectivity index (χ0v) is 10.5. The molecule has 1 aromatic rings. The van der Waals surface area contributed by atoms with Crippen LogP contribution in [0.15, 0.2) is 21.6 Å². The van der Waals surface area contributed by atoms with Gasteiger partial charge in [-0.25, -0.2) is 13.2 Å². The molecule has 1 N–H and O–H groups in total. The van der Waals surface area contributed by atoms with Crippen molar-refractivity contribution in [1.29, 1.82) is 5.26 Å². The van der Waals surface area contributed by atoms with Gasteiger partial charge in [-0.2, -0.15) is 9.57 Å². The Morgan fingerprint density at radius 3 is 2.67 bits per heavy atom. The van der Waals surface area contributed by atoms with Gasteiger partial charge in [-0.15, -0.1) is 0 Å². The van der Waals surface area contributed by atoms with Crippen LogP contribution in [0.3, 0.4) is 0 Å². The van der Waals surface area contributed by atoms with Crippen LogP contribution in [0.2, 0.25) is 0 Å². The normalized spacial score (nSPS) is 11.4. The zero-order valence-electron chi connectivity index (χ0n) is 9.66. The van der Waals surface area contributed by atoms with Crippen molar-refractivity contribution in [3.8, 4) is 6.07 Å². The number of aromatic carboxylic acids is 1. The first-order valence-corrected chi connectivity index (χ1v) is 6.57. The van der Waals surface area contributed by atoms with Gasteiger partial charge in [0.25, 0.3) is 10.0 Å². The van der Waals surface area contributed by atoms with E-state index in [1.54, 1.807) is 6.92 Å². The summed E-state index contributed by atoms with van der Waals surface area (Å²) in [6, 6.07) is 4.02. The second-order valence-electron chi connectivity index (χ2n) is 3.33. The van der Waals surface area contributed by atoms with Crippen molar-refractivity contribution in [3.63, 3.8) is 0 Å². The maximum Gasteiger partial charge on any atom is 0.371 e. The summed E-state index contributed by atoms with van der Waals surface area (Å²) in [5.74, 6) is -1.78. The molecule has 0 atom stereocenters.